The molecule has 0 bridgehead atoms. The number of rotatable bonds is 5. The molecule has 0 saturated heterocycles. The molecule has 0 aliphatic carbocycles. The first-order valence-electron chi connectivity index (χ1n) is 4.61. The first kappa shape index (κ1) is 13.2. The predicted octanol–water partition coefficient (Wildman–Crippen LogP) is 2.75. The molecule has 1 unspecified atom stereocenters. The number of ether oxygens (including phenoxy) is 1. The van der Waals surface area contributed by atoms with E-state index in [4.69, 9.17) is 9.26 Å². The van der Waals surface area contributed by atoms with Gasteiger partial charge in [-0.25, -0.2) is 0 Å². The van der Waals surface area contributed by atoms with Crippen LogP contribution in [-0.2, 0) is 13.8 Å². The molecule has 0 aliphatic heterocycles. The van der Waals surface area contributed by atoms with E-state index in [0.717, 1.165) is 0 Å². The average Bonchev–Trinajstić information content (AvgIpc) is 1.96. The maximum Gasteiger partial charge on any atom is 0.205 e. The van der Waals surface area contributed by atoms with Gasteiger partial charge in [0.2, 0.25) is 7.37 Å². The van der Waals surface area contributed by atoms with Crippen LogP contribution in [0.2, 0.25) is 0 Å². The Kier molecular flexibility index (Phi) is 5.19. The molecule has 3 nitrogen and oxygen atoms in total. The van der Waals surface area contributed by atoms with Crippen molar-refractivity contribution in [2.24, 2.45) is 0 Å². The highest BCUT2D eigenvalue weighted by atomic mass is 31.2. The highest BCUT2D eigenvalue weighted by Crippen LogP contribution is 2.55. The Balaban J connectivity index is 3.84. The van der Waals surface area contributed by atoms with Crippen molar-refractivity contribution in [2.75, 3.05) is 26.5 Å². The predicted molar refractivity (Wildman–Crippen MR) is 55.7 cm³/mol. The van der Waals surface area contributed by atoms with Crippen LogP contribution >= 0.6 is 7.37 Å². The van der Waals surface area contributed by atoms with E-state index in [-0.39, 0.29) is 5.16 Å². The molecule has 0 rings (SSSR count). The van der Waals surface area contributed by atoms with Crippen LogP contribution in [0.25, 0.3) is 0 Å². The van der Waals surface area contributed by atoms with Gasteiger partial charge in [-0.1, -0.05) is 20.8 Å². The second-order valence-electron chi connectivity index (χ2n) is 4.05. The number of hydrogen-bond donors (Lipinski definition) is 0. The van der Waals surface area contributed by atoms with Gasteiger partial charge in [-0.15, -0.1) is 0 Å². The average molecular weight is 208 g/mol. The van der Waals surface area contributed by atoms with E-state index in [1.165, 1.54) is 0 Å². The molecule has 0 aromatic carbocycles. The molecule has 0 aromatic rings. The second kappa shape index (κ2) is 5.14. The summed E-state index contributed by atoms with van der Waals surface area (Å²) in [6.07, 6.45) is 0. The molecular weight excluding hydrogens is 187 g/mol. The van der Waals surface area contributed by atoms with Crippen LogP contribution in [-0.4, -0.2) is 31.6 Å². The zero-order chi connectivity index (χ0) is 10.5. The van der Waals surface area contributed by atoms with Crippen molar-refractivity contribution in [3.05, 3.63) is 0 Å². The van der Waals surface area contributed by atoms with E-state index >= 15 is 0 Å². The minimum Gasteiger partial charge on any atom is -0.379 e. The van der Waals surface area contributed by atoms with Gasteiger partial charge in [-0.05, 0) is 6.92 Å². The van der Waals surface area contributed by atoms with Crippen molar-refractivity contribution in [1.82, 2.24) is 0 Å². The Morgan fingerprint density at radius 1 is 1.23 bits per heavy atom. The van der Waals surface area contributed by atoms with E-state index < -0.39 is 7.37 Å². The van der Waals surface area contributed by atoms with Crippen LogP contribution in [0, 0.1) is 0 Å². The smallest absolute Gasteiger partial charge is 0.205 e. The highest BCUT2D eigenvalue weighted by Gasteiger charge is 2.32. The Morgan fingerprint density at radius 2 is 1.77 bits per heavy atom. The van der Waals surface area contributed by atoms with Gasteiger partial charge in [-0.2, -0.15) is 0 Å². The van der Waals surface area contributed by atoms with Crippen LogP contribution in [0.5, 0.6) is 0 Å². The van der Waals surface area contributed by atoms with Crippen LogP contribution in [0.4, 0.5) is 0 Å². The molecule has 4 heteroatoms. The lowest BCUT2D eigenvalue weighted by molar-refractivity contribution is 0.110. The van der Waals surface area contributed by atoms with E-state index in [0.29, 0.717) is 19.8 Å². The standard InChI is InChI=1S/C9H21O3P/c1-6-11-7-8-12-13(5,10)9(2,3)4/h6-8H2,1-5H3. The topological polar surface area (TPSA) is 35.5 Å². The quantitative estimate of drug-likeness (QED) is 0.514. The van der Waals surface area contributed by atoms with Gasteiger partial charge in [0.15, 0.2) is 0 Å². The van der Waals surface area contributed by atoms with Crippen LogP contribution in [0.3, 0.4) is 0 Å². The highest BCUT2D eigenvalue weighted by molar-refractivity contribution is 7.59. The lowest BCUT2D eigenvalue weighted by Gasteiger charge is -2.27. The van der Waals surface area contributed by atoms with Gasteiger partial charge in [0, 0.05) is 18.4 Å². The lowest BCUT2D eigenvalue weighted by Crippen LogP contribution is -2.17. The van der Waals surface area contributed by atoms with Gasteiger partial charge in [0.25, 0.3) is 0 Å². The molecule has 0 aliphatic rings. The molecule has 0 aromatic heterocycles. The summed E-state index contributed by atoms with van der Waals surface area (Å²) in [5.74, 6) is 0. The van der Waals surface area contributed by atoms with Crippen LogP contribution in [0.15, 0.2) is 0 Å². The zero-order valence-electron chi connectivity index (χ0n) is 9.29. The molecule has 1 atom stereocenters. The monoisotopic (exact) mass is 208 g/mol. The summed E-state index contributed by atoms with van der Waals surface area (Å²) in [7, 11) is -2.50. The Labute approximate surface area is 81.3 Å². The summed E-state index contributed by atoms with van der Waals surface area (Å²) < 4.78 is 22.3. The minimum atomic E-state index is -2.50. The Bertz CT molecular complexity index is 184. The SMILES string of the molecule is CCOCCOP(C)(=O)C(C)(C)C. The molecule has 0 heterocycles. The fourth-order valence-corrected chi connectivity index (χ4v) is 1.42. The van der Waals surface area contributed by atoms with E-state index in [1.54, 1.807) is 6.66 Å². The van der Waals surface area contributed by atoms with Gasteiger partial charge in [-0.3, -0.25) is 4.57 Å². The summed E-state index contributed by atoms with van der Waals surface area (Å²) in [4.78, 5) is 0. The molecule has 0 spiro atoms. The van der Waals surface area contributed by atoms with Gasteiger partial charge >= 0.3 is 0 Å². The molecule has 80 valence electrons. The molecule has 0 radical (unpaired) electrons. The van der Waals surface area contributed by atoms with E-state index in [9.17, 15) is 4.57 Å². The van der Waals surface area contributed by atoms with Gasteiger partial charge < -0.3 is 9.26 Å². The second-order valence-corrected chi connectivity index (χ2v) is 7.34. The fraction of sp³-hybridized carbons (Fsp3) is 1.00. The van der Waals surface area contributed by atoms with Crippen molar-refractivity contribution < 1.29 is 13.8 Å². The van der Waals surface area contributed by atoms with E-state index in [2.05, 4.69) is 0 Å². The van der Waals surface area contributed by atoms with Gasteiger partial charge in [0.1, 0.15) is 0 Å². The third-order valence-electron chi connectivity index (χ3n) is 1.99. The maximum absolute atomic E-state index is 11.9. The fourth-order valence-electron chi connectivity index (χ4n) is 0.608. The van der Waals surface area contributed by atoms with Crippen molar-refractivity contribution in [2.45, 2.75) is 32.9 Å². The van der Waals surface area contributed by atoms with Crippen molar-refractivity contribution in [3.8, 4) is 0 Å². The molecule has 13 heavy (non-hydrogen) atoms. The van der Waals surface area contributed by atoms with E-state index in [1.807, 2.05) is 27.7 Å². The Hall–Kier alpha value is 0.150. The largest absolute Gasteiger partial charge is 0.379 e. The first-order valence-corrected chi connectivity index (χ1v) is 6.68. The lowest BCUT2D eigenvalue weighted by atomic mass is 10.3. The first-order chi connectivity index (χ1) is 5.81. The molecule has 0 N–H and O–H groups in total. The summed E-state index contributed by atoms with van der Waals surface area (Å²) in [5.41, 5.74) is 0. The molecule has 0 fully saturated rings. The van der Waals surface area contributed by atoms with Crippen LogP contribution in [0.1, 0.15) is 27.7 Å². The van der Waals surface area contributed by atoms with Crippen molar-refractivity contribution in [1.29, 1.82) is 0 Å². The third-order valence-corrected chi connectivity index (χ3v) is 5.10. The molecule has 0 amide bonds. The normalized spacial score (nSPS) is 17.0. The third kappa shape index (κ3) is 4.80. The van der Waals surface area contributed by atoms with Crippen LogP contribution < -0.4 is 0 Å². The zero-order valence-corrected chi connectivity index (χ0v) is 10.2. The summed E-state index contributed by atoms with van der Waals surface area (Å²) >= 11 is 0. The summed E-state index contributed by atoms with van der Waals surface area (Å²) in [6, 6.07) is 0. The van der Waals surface area contributed by atoms with Crippen molar-refractivity contribution in [3.63, 3.8) is 0 Å². The summed E-state index contributed by atoms with van der Waals surface area (Å²) in [6.45, 7) is 11.0. The van der Waals surface area contributed by atoms with Gasteiger partial charge in [0.05, 0.1) is 13.2 Å². The Morgan fingerprint density at radius 3 is 2.15 bits per heavy atom. The number of hydrogen-bond acceptors (Lipinski definition) is 3. The summed E-state index contributed by atoms with van der Waals surface area (Å²) in [5, 5.41) is -0.279. The molecular formula is C9H21O3P. The van der Waals surface area contributed by atoms with Crippen molar-refractivity contribution >= 4 is 7.37 Å². The minimum absolute atomic E-state index is 0.279. The molecule has 0 saturated carbocycles. The maximum atomic E-state index is 11.9.